The molecule has 0 saturated heterocycles. The summed E-state index contributed by atoms with van der Waals surface area (Å²) in [5.41, 5.74) is -0.0417. The van der Waals surface area contributed by atoms with E-state index in [0.717, 1.165) is 15.2 Å². The van der Waals surface area contributed by atoms with E-state index in [-0.39, 0.29) is 5.56 Å². The molecule has 1 aromatic carbocycles. The van der Waals surface area contributed by atoms with E-state index in [9.17, 15) is 4.79 Å². The van der Waals surface area contributed by atoms with Gasteiger partial charge in [-0.05, 0) is 29.7 Å². The molecule has 0 aliphatic heterocycles. The number of H-pyrrole nitrogens is 1. The maximum atomic E-state index is 11.2. The molecule has 2 aromatic rings. The molecule has 1 aromatic heterocycles. The molecule has 0 saturated carbocycles. The van der Waals surface area contributed by atoms with Crippen LogP contribution >= 0.6 is 15.9 Å². The molecule has 0 amide bonds. The Balaban J connectivity index is 0.000000461. The highest BCUT2D eigenvalue weighted by Gasteiger charge is 1.96. The van der Waals surface area contributed by atoms with Gasteiger partial charge in [0.25, 0.3) is 5.56 Å². The van der Waals surface area contributed by atoms with Crippen LogP contribution < -0.4 is 5.56 Å². The van der Waals surface area contributed by atoms with Gasteiger partial charge in [-0.2, -0.15) is 0 Å². The smallest absolute Gasteiger partial charge is 0.255 e. The third kappa shape index (κ3) is 2.23. The minimum Gasteiger partial charge on any atom is -0.329 e. The highest BCUT2D eigenvalue weighted by molar-refractivity contribution is 9.10. The van der Waals surface area contributed by atoms with Gasteiger partial charge in [0.2, 0.25) is 0 Å². The summed E-state index contributed by atoms with van der Waals surface area (Å²) in [6.45, 7) is 4.00. The van der Waals surface area contributed by atoms with Crippen LogP contribution in [0.2, 0.25) is 0 Å². The molecule has 0 unspecified atom stereocenters. The number of benzene rings is 1. The maximum absolute atomic E-state index is 11.2. The summed E-state index contributed by atoms with van der Waals surface area (Å²) < 4.78 is 0.987. The lowest BCUT2D eigenvalue weighted by molar-refractivity contribution is 1.28. The first-order valence-electron chi connectivity index (χ1n) is 4.54. The van der Waals surface area contributed by atoms with Crippen molar-refractivity contribution >= 4 is 26.7 Å². The van der Waals surface area contributed by atoms with Crippen molar-refractivity contribution in [2.75, 3.05) is 0 Å². The van der Waals surface area contributed by atoms with Gasteiger partial charge < -0.3 is 4.98 Å². The van der Waals surface area contributed by atoms with Crippen LogP contribution in [0.3, 0.4) is 0 Å². The second kappa shape index (κ2) is 4.96. The van der Waals surface area contributed by atoms with Crippen molar-refractivity contribution in [2.24, 2.45) is 0 Å². The second-order valence-electron chi connectivity index (χ2n) is 2.54. The zero-order chi connectivity index (χ0) is 10.6. The summed E-state index contributed by atoms with van der Waals surface area (Å²) in [6.07, 6.45) is 1.65. The van der Waals surface area contributed by atoms with E-state index in [4.69, 9.17) is 0 Å². The molecule has 2 rings (SSSR count). The first-order chi connectivity index (χ1) is 6.77. The molecule has 1 N–H and O–H groups in total. The number of pyridine rings is 1. The molecule has 1 heterocycles. The van der Waals surface area contributed by atoms with Crippen molar-refractivity contribution in [1.29, 1.82) is 0 Å². The molecule has 14 heavy (non-hydrogen) atoms. The van der Waals surface area contributed by atoms with E-state index >= 15 is 0 Å². The maximum Gasteiger partial charge on any atom is 0.255 e. The van der Waals surface area contributed by atoms with Gasteiger partial charge in [0.15, 0.2) is 0 Å². The summed E-state index contributed by atoms with van der Waals surface area (Å²) >= 11 is 3.34. The molecule has 2 nitrogen and oxygen atoms in total. The highest BCUT2D eigenvalue weighted by atomic mass is 79.9. The van der Waals surface area contributed by atoms with E-state index in [2.05, 4.69) is 20.9 Å². The Bertz CT molecular complexity index is 476. The van der Waals surface area contributed by atoms with E-state index in [1.54, 1.807) is 12.3 Å². The zero-order valence-electron chi connectivity index (χ0n) is 8.17. The fourth-order valence-electron chi connectivity index (χ4n) is 1.16. The van der Waals surface area contributed by atoms with Crippen molar-refractivity contribution < 1.29 is 0 Å². The molecule has 0 bridgehead atoms. The molecule has 0 aliphatic carbocycles. The quantitative estimate of drug-likeness (QED) is 0.768. The molecule has 0 fully saturated rings. The van der Waals surface area contributed by atoms with Gasteiger partial charge >= 0.3 is 0 Å². The largest absolute Gasteiger partial charge is 0.329 e. The van der Waals surface area contributed by atoms with Gasteiger partial charge in [-0.1, -0.05) is 29.8 Å². The number of halogens is 1. The molecular weight excluding hydrogens is 242 g/mol. The van der Waals surface area contributed by atoms with Crippen LogP contribution in [0, 0.1) is 0 Å². The van der Waals surface area contributed by atoms with Crippen molar-refractivity contribution in [2.45, 2.75) is 13.8 Å². The standard InChI is InChI=1S/C9H6BrNO.C2H6/c10-7-1-2-8-6(5-7)3-4-11-9(8)12;1-2/h1-5H,(H,11,12);1-2H3. The number of aromatic amines is 1. The zero-order valence-corrected chi connectivity index (χ0v) is 9.76. The topological polar surface area (TPSA) is 32.9 Å². The van der Waals surface area contributed by atoms with Gasteiger partial charge in [-0.3, -0.25) is 4.79 Å². The van der Waals surface area contributed by atoms with Gasteiger partial charge in [-0.25, -0.2) is 0 Å². The number of nitrogens with one attached hydrogen (secondary N) is 1. The Morgan fingerprint density at radius 3 is 2.64 bits per heavy atom. The van der Waals surface area contributed by atoms with E-state index in [1.807, 2.05) is 32.0 Å². The van der Waals surface area contributed by atoms with Crippen LogP contribution in [0.25, 0.3) is 10.8 Å². The SMILES string of the molecule is CC.O=c1[nH]ccc2cc(Br)ccc12. The van der Waals surface area contributed by atoms with E-state index < -0.39 is 0 Å². The van der Waals surface area contributed by atoms with Crippen molar-refractivity contribution in [3.8, 4) is 0 Å². The Labute approximate surface area is 91.1 Å². The van der Waals surface area contributed by atoms with Gasteiger partial charge in [-0.15, -0.1) is 0 Å². The monoisotopic (exact) mass is 253 g/mol. The summed E-state index contributed by atoms with van der Waals surface area (Å²) in [4.78, 5) is 13.8. The Morgan fingerprint density at radius 1 is 1.21 bits per heavy atom. The molecule has 0 spiro atoms. The minimum absolute atomic E-state index is 0.0417. The van der Waals surface area contributed by atoms with E-state index in [1.165, 1.54) is 0 Å². The summed E-state index contributed by atoms with van der Waals surface area (Å²) in [5, 5.41) is 1.67. The van der Waals surface area contributed by atoms with Crippen molar-refractivity contribution in [3.63, 3.8) is 0 Å². The molecule has 3 heteroatoms. The van der Waals surface area contributed by atoms with Crippen LogP contribution in [-0.4, -0.2) is 4.98 Å². The van der Waals surface area contributed by atoms with Crippen LogP contribution in [-0.2, 0) is 0 Å². The first kappa shape index (κ1) is 11.0. The van der Waals surface area contributed by atoms with Gasteiger partial charge in [0, 0.05) is 16.1 Å². The lowest BCUT2D eigenvalue weighted by Gasteiger charge is -1.95. The summed E-state index contributed by atoms with van der Waals surface area (Å²) in [5.74, 6) is 0. The molecule has 0 atom stereocenters. The molecular formula is C11H12BrNO. The predicted molar refractivity (Wildman–Crippen MR) is 63.6 cm³/mol. The van der Waals surface area contributed by atoms with Gasteiger partial charge in [0.05, 0.1) is 0 Å². The number of hydrogen-bond donors (Lipinski definition) is 1. The third-order valence-corrected chi connectivity index (χ3v) is 2.23. The Kier molecular flexibility index (Phi) is 3.89. The van der Waals surface area contributed by atoms with Crippen LogP contribution in [0.1, 0.15) is 13.8 Å². The minimum atomic E-state index is -0.0417. The van der Waals surface area contributed by atoms with Crippen LogP contribution in [0.4, 0.5) is 0 Å². The van der Waals surface area contributed by atoms with Crippen LogP contribution in [0.15, 0.2) is 39.7 Å². The normalized spacial score (nSPS) is 9.36. The lowest BCUT2D eigenvalue weighted by Crippen LogP contribution is -2.03. The first-order valence-corrected chi connectivity index (χ1v) is 5.33. The fourth-order valence-corrected chi connectivity index (χ4v) is 1.54. The number of aromatic nitrogens is 1. The fraction of sp³-hybridized carbons (Fsp3) is 0.182. The van der Waals surface area contributed by atoms with Crippen molar-refractivity contribution in [3.05, 3.63) is 45.3 Å². The predicted octanol–water partition coefficient (Wildman–Crippen LogP) is 3.32. The third-order valence-electron chi connectivity index (χ3n) is 1.74. The number of fused-ring (bicyclic) bond motifs is 1. The van der Waals surface area contributed by atoms with E-state index in [0.29, 0.717) is 0 Å². The highest BCUT2D eigenvalue weighted by Crippen LogP contribution is 2.15. The average Bonchev–Trinajstić information content (AvgIpc) is 2.21. The second-order valence-corrected chi connectivity index (χ2v) is 3.45. The molecule has 0 radical (unpaired) electrons. The Hall–Kier alpha value is -1.09. The molecule has 74 valence electrons. The summed E-state index contributed by atoms with van der Waals surface area (Å²) in [6, 6.07) is 7.46. The molecule has 0 aliphatic rings. The lowest BCUT2D eigenvalue weighted by atomic mass is 10.2. The number of hydrogen-bond acceptors (Lipinski definition) is 1. The Morgan fingerprint density at radius 2 is 1.93 bits per heavy atom. The van der Waals surface area contributed by atoms with Crippen LogP contribution in [0.5, 0.6) is 0 Å². The summed E-state index contributed by atoms with van der Waals surface area (Å²) in [7, 11) is 0. The van der Waals surface area contributed by atoms with Crippen molar-refractivity contribution in [1.82, 2.24) is 4.98 Å². The average molecular weight is 254 g/mol. The number of rotatable bonds is 0. The van der Waals surface area contributed by atoms with Gasteiger partial charge in [0.1, 0.15) is 0 Å².